The van der Waals surface area contributed by atoms with Crippen molar-refractivity contribution in [3.05, 3.63) is 65.8 Å². The standard InChI is InChI=1S/C61H87F2N7O15/c1-6-12-51-84-49-29-42-43-28-45(62)44-27-38(71)20-22-58(44,4)60(43,63)47(72)30-59(42,5)61(49,85-51)48(73)33-81-34-67-57(79)82-31-36-16-18-37(19-17-36)68-53(75)46(15-11-23-65-55(64)77)69-54(76)52(35(2)3)70-50(74)21-25-80-26-24-66-56(78)83-32-41-39-13-9-7-8-10-14-40(39)41/h7-8,16-20,22,27,35,39-43,45-47,49,51-52,56,66,72,78H,6,9-15,21,23-26,28-34H2,1-5H3,(H,67,79)(H,68,75)(H,69,76)(H,70,74)(H3,64,65,77)/b8-7-/t39-,40+,41?,42-,43-,45-,46-,47-,49+,51?,52-,56?,58-,59-,60-,61+/m0/s1. The molecule has 6 amide bonds. The number of carbonyl (C=O) groups is 7. The summed E-state index contributed by atoms with van der Waals surface area (Å²) in [5.74, 6) is -2.93. The van der Waals surface area contributed by atoms with Gasteiger partial charge in [0.2, 0.25) is 24.1 Å². The summed E-state index contributed by atoms with van der Waals surface area (Å²) in [6, 6.07) is 3.47. The number of aliphatic hydroxyl groups is 2. The SMILES string of the molecule is CCCC1O[C@@H]2C[C@H]3[C@@H]4C[C@H](F)C5=CC(=O)C=C[C@]5(C)[C@@]4(F)[C@@H](O)C[C@]3(C)[C@]2(C(=O)COCNC(=O)OCc2ccc(NC(=O)[C@H](CCCNC(N)=O)NC(=O)[C@@H](NC(=O)CCOCCNC(O)OCC3[C@H]4CC/C=C\CC[C@@H]34)C(C)C)cc2)O1. The molecule has 6 aliphatic carbocycles. The number of allylic oxidation sites excluding steroid dienone is 6. The van der Waals surface area contributed by atoms with E-state index in [1.807, 2.05) is 6.92 Å². The summed E-state index contributed by atoms with van der Waals surface area (Å²) in [4.78, 5) is 91.5. The van der Waals surface area contributed by atoms with Crippen molar-refractivity contribution >= 4 is 47.1 Å². The van der Waals surface area contributed by atoms with Crippen molar-refractivity contribution in [2.45, 2.75) is 173 Å². The van der Waals surface area contributed by atoms with Gasteiger partial charge < -0.3 is 65.6 Å². The summed E-state index contributed by atoms with van der Waals surface area (Å²) >= 11 is 0. The van der Waals surface area contributed by atoms with Gasteiger partial charge >= 0.3 is 12.1 Å². The quantitative estimate of drug-likeness (QED) is 0.0291. The molecule has 0 spiro atoms. The predicted molar refractivity (Wildman–Crippen MR) is 305 cm³/mol. The first kappa shape index (κ1) is 65.2. The number of alkyl carbamates (subject to hydrolysis) is 1. The Labute approximate surface area is 495 Å². The number of aliphatic hydroxyl groups excluding tert-OH is 2. The highest BCUT2D eigenvalue weighted by molar-refractivity contribution is 6.01. The third-order valence-electron chi connectivity index (χ3n) is 18.9. The molecule has 85 heavy (non-hydrogen) atoms. The Hall–Kier alpha value is -5.73. The largest absolute Gasteiger partial charge is 0.445 e. The Morgan fingerprint density at radius 1 is 0.929 bits per heavy atom. The van der Waals surface area contributed by atoms with E-state index >= 15 is 8.78 Å². The fraction of sp³-hybridized carbons (Fsp3) is 0.689. The number of anilines is 1. The maximum absolute atomic E-state index is 17.9. The number of halogens is 2. The minimum atomic E-state index is -2.36. The van der Waals surface area contributed by atoms with E-state index in [4.69, 9.17) is 34.2 Å². The zero-order chi connectivity index (χ0) is 61.3. The molecule has 1 saturated heterocycles. The molecule has 1 heterocycles. The van der Waals surface area contributed by atoms with Gasteiger partial charge in [0, 0.05) is 41.9 Å². The Balaban J connectivity index is 0.769. The molecule has 16 atom stereocenters. The summed E-state index contributed by atoms with van der Waals surface area (Å²) in [5.41, 5.74) is -0.774. The lowest BCUT2D eigenvalue weighted by molar-refractivity contribution is -0.235. The first-order chi connectivity index (χ1) is 40.6. The van der Waals surface area contributed by atoms with Crippen LogP contribution in [0.3, 0.4) is 0 Å². The first-order valence-corrected chi connectivity index (χ1v) is 30.2. The highest BCUT2D eigenvalue weighted by Crippen LogP contribution is 2.72. The van der Waals surface area contributed by atoms with Crippen molar-refractivity contribution in [3.8, 4) is 0 Å². The fourth-order valence-corrected chi connectivity index (χ4v) is 14.4. The molecule has 1 aromatic rings. The highest BCUT2D eigenvalue weighted by atomic mass is 19.1. The molecule has 0 radical (unpaired) electrons. The third-order valence-corrected chi connectivity index (χ3v) is 18.9. The van der Waals surface area contributed by atoms with E-state index in [0.29, 0.717) is 48.5 Å². The number of nitrogens with two attached hydrogens (primary N) is 1. The molecule has 1 aliphatic heterocycles. The van der Waals surface area contributed by atoms with Gasteiger partial charge in [0.1, 0.15) is 38.2 Å². The van der Waals surface area contributed by atoms with Crippen LogP contribution in [0.2, 0.25) is 0 Å². The smallest absolute Gasteiger partial charge is 0.409 e. The summed E-state index contributed by atoms with van der Waals surface area (Å²) in [5, 5.41) is 38.2. The molecule has 1 aromatic carbocycles. The van der Waals surface area contributed by atoms with Crippen LogP contribution in [0.25, 0.3) is 0 Å². The van der Waals surface area contributed by atoms with E-state index in [9.17, 15) is 43.8 Å². The lowest BCUT2D eigenvalue weighted by Crippen LogP contribution is -2.71. The predicted octanol–water partition coefficient (Wildman–Crippen LogP) is 4.96. The van der Waals surface area contributed by atoms with E-state index in [2.05, 4.69) is 44.1 Å². The average molecular weight is 1200 g/mol. The number of nitrogens with one attached hydrogen (secondary N) is 6. The van der Waals surface area contributed by atoms with Gasteiger partial charge in [-0.2, -0.15) is 0 Å². The number of hydrogen-bond acceptors (Lipinski definition) is 16. The highest BCUT2D eigenvalue weighted by Gasteiger charge is 2.80. The van der Waals surface area contributed by atoms with E-state index < -0.39 is 132 Å². The van der Waals surface area contributed by atoms with Gasteiger partial charge in [-0.15, -0.1) is 0 Å². The van der Waals surface area contributed by atoms with Gasteiger partial charge in [-0.25, -0.2) is 18.4 Å². The third kappa shape index (κ3) is 14.5. The van der Waals surface area contributed by atoms with Crippen LogP contribution in [0, 0.1) is 46.3 Å². The summed E-state index contributed by atoms with van der Waals surface area (Å²) in [6.07, 6.45) is 6.76. The molecule has 470 valence electrons. The Morgan fingerprint density at radius 3 is 2.35 bits per heavy atom. The molecule has 0 aromatic heterocycles. The maximum Gasteiger partial charge on any atom is 0.409 e. The van der Waals surface area contributed by atoms with Gasteiger partial charge in [-0.05, 0) is 136 Å². The molecule has 22 nitrogen and oxygen atoms in total. The molecule has 10 N–H and O–H groups in total. The number of primary amides is 1. The first-order valence-electron chi connectivity index (χ1n) is 30.2. The van der Waals surface area contributed by atoms with Crippen LogP contribution >= 0.6 is 0 Å². The monoisotopic (exact) mass is 1200 g/mol. The van der Waals surface area contributed by atoms with Crippen molar-refractivity contribution in [1.82, 2.24) is 26.6 Å². The lowest BCUT2D eigenvalue weighted by atomic mass is 9.44. The molecule has 4 saturated carbocycles. The minimum absolute atomic E-state index is 0.00478. The number of Topliss-reactive ketones (excluding diaryl/α,β-unsaturated/α-hetero) is 1. The van der Waals surface area contributed by atoms with Crippen molar-refractivity contribution in [2.75, 3.05) is 51.6 Å². The Kier molecular flexibility index (Phi) is 21.8. The lowest BCUT2D eigenvalue weighted by Gasteiger charge is -2.63. The van der Waals surface area contributed by atoms with Gasteiger partial charge in [-0.3, -0.25) is 34.6 Å². The zero-order valence-electron chi connectivity index (χ0n) is 49.4. The normalized spacial score (nSPS) is 32.9. The average Bonchev–Trinajstić information content (AvgIpc) is 1.61. The number of alkyl halides is 2. The fourth-order valence-electron chi connectivity index (χ4n) is 14.4. The van der Waals surface area contributed by atoms with E-state index in [-0.39, 0.29) is 82.9 Å². The van der Waals surface area contributed by atoms with Crippen molar-refractivity contribution in [1.29, 1.82) is 0 Å². The van der Waals surface area contributed by atoms with Gasteiger partial charge in [0.25, 0.3) is 0 Å². The van der Waals surface area contributed by atoms with Crippen LogP contribution < -0.4 is 37.6 Å². The number of hydrogen-bond donors (Lipinski definition) is 9. The minimum Gasteiger partial charge on any atom is -0.445 e. The summed E-state index contributed by atoms with van der Waals surface area (Å²) in [6.45, 7) is 8.66. The van der Waals surface area contributed by atoms with Crippen LogP contribution in [0.1, 0.15) is 117 Å². The molecular formula is C61H87F2N7O15. The van der Waals surface area contributed by atoms with Crippen molar-refractivity contribution in [3.63, 3.8) is 0 Å². The van der Waals surface area contributed by atoms with Crippen LogP contribution in [0.4, 0.5) is 24.1 Å². The molecule has 24 heteroatoms. The number of fused-ring (bicyclic) bond motifs is 8. The molecule has 8 rings (SSSR count). The second-order valence-corrected chi connectivity index (χ2v) is 24.6. The topological polar surface area (TPSA) is 314 Å². The molecule has 5 fully saturated rings. The second-order valence-electron chi connectivity index (χ2n) is 24.6. The maximum atomic E-state index is 17.9. The van der Waals surface area contributed by atoms with Gasteiger partial charge in [0.05, 0.1) is 32.0 Å². The number of benzene rings is 1. The van der Waals surface area contributed by atoms with E-state index in [1.54, 1.807) is 45.0 Å². The van der Waals surface area contributed by atoms with Crippen molar-refractivity contribution in [2.24, 2.45) is 52.1 Å². The van der Waals surface area contributed by atoms with Gasteiger partial charge in [0.15, 0.2) is 29.1 Å². The number of rotatable bonds is 29. The number of amides is 6. The molecule has 7 aliphatic rings. The van der Waals surface area contributed by atoms with Crippen molar-refractivity contribution < 1.29 is 81.0 Å². The Bertz CT molecular complexity index is 2650. The van der Waals surface area contributed by atoms with Crippen LogP contribution in [0.5, 0.6) is 0 Å². The van der Waals surface area contributed by atoms with E-state index in [1.165, 1.54) is 19.1 Å². The zero-order valence-corrected chi connectivity index (χ0v) is 49.4. The number of urea groups is 1. The molecule has 3 unspecified atom stereocenters. The van der Waals surface area contributed by atoms with Crippen LogP contribution in [-0.2, 0) is 59.0 Å². The summed E-state index contributed by atoms with van der Waals surface area (Å²) in [7, 11) is 0. The van der Waals surface area contributed by atoms with Crippen LogP contribution in [0.15, 0.2) is 60.2 Å². The van der Waals surface area contributed by atoms with Crippen LogP contribution in [-0.4, -0.2) is 152 Å². The Morgan fingerprint density at radius 2 is 1.66 bits per heavy atom. The molecule has 0 bridgehead atoms. The van der Waals surface area contributed by atoms with Gasteiger partial charge in [-0.1, -0.05) is 64.5 Å². The second kappa shape index (κ2) is 28.4. The summed E-state index contributed by atoms with van der Waals surface area (Å²) < 4.78 is 69.2. The number of ether oxygens (including phenoxy) is 6. The molecular weight excluding hydrogens is 1110 g/mol. The number of ketones is 2. The van der Waals surface area contributed by atoms with E-state index in [0.717, 1.165) is 31.8 Å². The number of carbonyl (C=O) groups excluding carboxylic acids is 7.